The van der Waals surface area contributed by atoms with Gasteiger partial charge in [0, 0.05) is 18.2 Å². The maximum Gasteiger partial charge on any atom is 0.158 e. The first-order chi connectivity index (χ1) is 14.3. The van der Waals surface area contributed by atoms with Crippen molar-refractivity contribution in [3.05, 3.63) is 54.5 Å². The van der Waals surface area contributed by atoms with Gasteiger partial charge in [-0.2, -0.15) is 5.26 Å². The van der Waals surface area contributed by atoms with E-state index in [2.05, 4.69) is 36.1 Å². The Kier molecular flexibility index (Phi) is 5.88. The van der Waals surface area contributed by atoms with Crippen molar-refractivity contribution in [2.75, 3.05) is 30.3 Å². The van der Waals surface area contributed by atoms with Crippen molar-refractivity contribution in [3.63, 3.8) is 0 Å². The molecule has 0 atom stereocenters. The molecule has 0 saturated carbocycles. The second-order valence-electron chi connectivity index (χ2n) is 6.96. The standard InChI is InChI=1S/C21H22N8/c22-11-17-13-26-20(14-24-17)27-19-10-18(25-12-15-6-8-23-9-7-15)21(29-28-19)16-4-2-1-3-5-16/h1-5,10,13-15,23H,6-9,12H2,(H2,25,26,27,28). The topological polar surface area (TPSA) is 111 Å². The van der Waals surface area contributed by atoms with Crippen LogP contribution >= 0.6 is 0 Å². The molecule has 3 aromatic rings. The van der Waals surface area contributed by atoms with Crippen LogP contribution < -0.4 is 16.0 Å². The summed E-state index contributed by atoms with van der Waals surface area (Å²) in [4.78, 5) is 8.21. The van der Waals surface area contributed by atoms with E-state index in [1.165, 1.54) is 12.4 Å². The Morgan fingerprint density at radius 2 is 1.86 bits per heavy atom. The molecule has 8 heteroatoms. The van der Waals surface area contributed by atoms with Crippen LogP contribution in [0.15, 0.2) is 48.8 Å². The summed E-state index contributed by atoms with van der Waals surface area (Å²) in [7, 11) is 0. The highest BCUT2D eigenvalue weighted by atomic mass is 15.2. The van der Waals surface area contributed by atoms with E-state index in [4.69, 9.17) is 5.26 Å². The van der Waals surface area contributed by atoms with Crippen LogP contribution in [0.5, 0.6) is 0 Å². The van der Waals surface area contributed by atoms with Gasteiger partial charge in [0.15, 0.2) is 11.5 Å². The third kappa shape index (κ3) is 4.83. The summed E-state index contributed by atoms with van der Waals surface area (Å²) in [5.74, 6) is 1.71. The van der Waals surface area contributed by atoms with E-state index in [-0.39, 0.29) is 5.69 Å². The molecule has 3 heterocycles. The van der Waals surface area contributed by atoms with Crippen LogP contribution in [0.2, 0.25) is 0 Å². The maximum atomic E-state index is 8.85. The van der Waals surface area contributed by atoms with E-state index < -0.39 is 0 Å². The van der Waals surface area contributed by atoms with E-state index in [1.807, 2.05) is 42.5 Å². The molecule has 1 saturated heterocycles. The number of rotatable bonds is 6. The van der Waals surface area contributed by atoms with Gasteiger partial charge in [-0.1, -0.05) is 30.3 Å². The van der Waals surface area contributed by atoms with Crippen molar-refractivity contribution >= 4 is 17.3 Å². The summed E-state index contributed by atoms with van der Waals surface area (Å²) < 4.78 is 0. The minimum Gasteiger partial charge on any atom is -0.383 e. The fourth-order valence-corrected chi connectivity index (χ4v) is 3.32. The average Bonchev–Trinajstić information content (AvgIpc) is 2.79. The van der Waals surface area contributed by atoms with E-state index in [0.717, 1.165) is 49.4 Å². The largest absolute Gasteiger partial charge is 0.383 e. The van der Waals surface area contributed by atoms with Crippen LogP contribution in [0.4, 0.5) is 17.3 Å². The van der Waals surface area contributed by atoms with E-state index in [0.29, 0.717) is 17.6 Å². The van der Waals surface area contributed by atoms with Crippen LogP contribution in [0.3, 0.4) is 0 Å². The zero-order valence-corrected chi connectivity index (χ0v) is 16.0. The molecule has 1 aliphatic rings. The van der Waals surface area contributed by atoms with Gasteiger partial charge >= 0.3 is 0 Å². The second kappa shape index (κ2) is 9.08. The van der Waals surface area contributed by atoms with E-state index in [9.17, 15) is 0 Å². The lowest BCUT2D eigenvalue weighted by atomic mass is 9.98. The lowest BCUT2D eigenvalue weighted by molar-refractivity contribution is 0.390. The Bertz CT molecular complexity index is 976. The summed E-state index contributed by atoms with van der Waals surface area (Å²) >= 11 is 0. The SMILES string of the molecule is N#Cc1cnc(Nc2cc(NCC3CCNCC3)c(-c3ccccc3)nn2)cn1. The van der Waals surface area contributed by atoms with E-state index in [1.54, 1.807) is 0 Å². The molecule has 2 aromatic heterocycles. The normalized spacial score (nSPS) is 14.2. The molecule has 0 radical (unpaired) electrons. The molecule has 0 aliphatic carbocycles. The smallest absolute Gasteiger partial charge is 0.158 e. The number of benzene rings is 1. The quantitative estimate of drug-likeness (QED) is 0.593. The Morgan fingerprint density at radius 1 is 1.03 bits per heavy atom. The molecule has 4 rings (SSSR count). The fraction of sp³-hybridized carbons (Fsp3) is 0.286. The van der Waals surface area contributed by atoms with Crippen molar-refractivity contribution in [1.82, 2.24) is 25.5 Å². The van der Waals surface area contributed by atoms with Crippen molar-refractivity contribution in [2.24, 2.45) is 5.92 Å². The van der Waals surface area contributed by atoms with Gasteiger partial charge in [-0.3, -0.25) is 0 Å². The maximum absolute atomic E-state index is 8.85. The summed E-state index contributed by atoms with van der Waals surface area (Å²) in [5, 5.41) is 27.7. The van der Waals surface area contributed by atoms with Gasteiger partial charge in [-0.05, 0) is 31.8 Å². The number of nitrogens with one attached hydrogen (secondary N) is 3. The molecule has 1 aromatic carbocycles. The zero-order chi connectivity index (χ0) is 19.9. The summed E-state index contributed by atoms with van der Waals surface area (Å²) in [6.07, 6.45) is 5.26. The summed E-state index contributed by atoms with van der Waals surface area (Å²) in [5.41, 5.74) is 3.02. The van der Waals surface area contributed by atoms with Crippen LogP contribution in [0.25, 0.3) is 11.3 Å². The number of hydrogen-bond donors (Lipinski definition) is 3. The number of hydrogen-bond acceptors (Lipinski definition) is 8. The number of nitriles is 1. The average molecular weight is 386 g/mol. The molecule has 3 N–H and O–H groups in total. The second-order valence-corrected chi connectivity index (χ2v) is 6.96. The third-order valence-corrected chi connectivity index (χ3v) is 4.90. The van der Waals surface area contributed by atoms with Crippen molar-refractivity contribution in [3.8, 4) is 17.3 Å². The first-order valence-electron chi connectivity index (χ1n) is 9.69. The van der Waals surface area contributed by atoms with Crippen molar-refractivity contribution in [2.45, 2.75) is 12.8 Å². The molecule has 0 spiro atoms. The van der Waals surface area contributed by atoms with E-state index >= 15 is 0 Å². The van der Waals surface area contributed by atoms with Gasteiger partial charge in [0.05, 0.1) is 18.1 Å². The minimum absolute atomic E-state index is 0.269. The molecule has 0 unspecified atom stereocenters. The molecule has 8 nitrogen and oxygen atoms in total. The fourth-order valence-electron chi connectivity index (χ4n) is 3.32. The predicted octanol–water partition coefficient (Wildman–Crippen LogP) is 2.96. The zero-order valence-electron chi connectivity index (χ0n) is 16.0. The molecule has 0 bridgehead atoms. The van der Waals surface area contributed by atoms with Crippen molar-refractivity contribution < 1.29 is 0 Å². The summed E-state index contributed by atoms with van der Waals surface area (Å²) in [6, 6.07) is 13.9. The van der Waals surface area contributed by atoms with Gasteiger partial charge in [0.2, 0.25) is 0 Å². The van der Waals surface area contributed by atoms with Crippen LogP contribution in [-0.4, -0.2) is 39.8 Å². The highest BCUT2D eigenvalue weighted by Gasteiger charge is 2.15. The molecular weight excluding hydrogens is 364 g/mol. The number of aromatic nitrogens is 4. The number of anilines is 3. The first kappa shape index (κ1) is 18.8. The predicted molar refractivity (Wildman–Crippen MR) is 112 cm³/mol. The Morgan fingerprint density at radius 3 is 2.59 bits per heavy atom. The highest BCUT2D eigenvalue weighted by Crippen LogP contribution is 2.28. The lowest BCUT2D eigenvalue weighted by Crippen LogP contribution is -2.31. The van der Waals surface area contributed by atoms with Gasteiger partial charge < -0.3 is 16.0 Å². The molecule has 1 aliphatic heterocycles. The van der Waals surface area contributed by atoms with Gasteiger partial charge in [0.1, 0.15) is 17.6 Å². The molecule has 1 fully saturated rings. The van der Waals surface area contributed by atoms with Crippen LogP contribution in [-0.2, 0) is 0 Å². The van der Waals surface area contributed by atoms with Crippen LogP contribution in [0.1, 0.15) is 18.5 Å². The number of piperidine rings is 1. The third-order valence-electron chi connectivity index (χ3n) is 4.90. The highest BCUT2D eigenvalue weighted by molar-refractivity contribution is 5.76. The molecule has 146 valence electrons. The van der Waals surface area contributed by atoms with Gasteiger partial charge in [0.25, 0.3) is 0 Å². The molecular formula is C21H22N8. The Hall–Kier alpha value is -3.57. The van der Waals surface area contributed by atoms with Gasteiger partial charge in [-0.25, -0.2) is 9.97 Å². The summed E-state index contributed by atoms with van der Waals surface area (Å²) in [6.45, 7) is 3.02. The van der Waals surface area contributed by atoms with Crippen molar-refractivity contribution in [1.29, 1.82) is 5.26 Å². The monoisotopic (exact) mass is 386 g/mol. The Labute approximate surface area is 169 Å². The minimum atomic E-state index is 0.269. The lowest BCUT2D eigenvalue weighted by Gasteiger charge is -2.23. The Balaban J connectivity index is 1.57. The molecule has 29 heavy (non-hydrogen) atoms. The first-order valence-corrected chi connectivity index (χ1v) is 9.69. The van der Waals surface area contributed by atoms with Crippen LogP contribution in [0, 0.1) is 17.2 Å². The van der Waals surface area contributed by atoms with Gasteiger partial charge in [-0.15, -0.1) is 10.2 Å². The number of nitrogens with zero attached hydrogens (tertiary/aromatic N) is 5. The molecule has 0 amide bonds.